The van der Waals surface area contributed by atoms with Crippen LogP contribution >= 0.6 is 11.8 Å². The van der Waals surface area contributed by atoms with E-state index in [-0.39, 0.29) is 11.8 Å². The molecule has 0 atom stereocenters. The van der Waals surface area contributed by atoms with Crippen LogP contribution in [0.2, 0.25) is 0 Å². The Hall–Kier alpha value is -1.95. The van der Waals surface area contributed by atoms with Crippen molar-refractivity contribution in [3.63, 3.8) is 0 Å². The number of nitroso groups, excluding NO2 is 1. The van der Waals surface area contributed by atoms with Crippen LogP contribution in [0.4, 0.5) is 5.88 Å². The fraction of sp³-hybridized carbons (Fsp3) is 0.167. The van der Waals surface area contributed by atoms with E-state index in [4.69, 9.17) is 9.15 Å². The second-order valence-electron chi connectivity index (χ2n) is 3.41. The maximum atomic E-state index is 10.6. The lowest BCUT2D eigenvalue weighted by atomic mass is 10.1. The van der Waals surface area contributed by atoms with Crippen LogP contribution in [-0.4, -0.2) is 18.5 Å². The minimum absolute atomic E-state index is 0.124. The highest BCUT2D eigenvalue weighted by molar-refractivity contribution is 7.98. The number of methoxy groups -OCH3 is 1. The molecule has 1 N–H and O–H groups in total. The summed E-state index contributed by atoms with van der Waals surface area (Å²) in [5, 5.41) is 12.6. The van der Waals surface area contributed by atoms with Gasteiger partial charge in [0.05, 0.1) is 17.6 Å². The Morgan fingerprint density at radius 2 is 2.11 bits per heavy atom. The Labute approximate surface area is 108 Å². The highest BCUT2D eigenvalue weighted by Crippen LogP contribution is 2.48. The molecule has 0 spiro atoms. The second-order valence-corrected chi connectivity index (χ2v) is 4.23. The normalized spacial score (nSPS) is 10.3. The van der Waals surface area contributed by atoms with E-state index >= 15 is 0 Å². The predicted octanol–water partition coefficient (Wildman–Crippen LogP) is 3.78. The van der Waals surface area contributed by atoms with Gasteiger partial charge in [0.15, 0.2) is 0 Å². The van der Waals surface area contributed by atoms with Crippen LogP contribution in [0.1, 0.15) is 0 Å². The predicted molar refractivity (Wildman–Crippen MR) is 69.6 cm³/mol. The van der Waals surface area contributed by atoms with Crippen molar-refractivity contribution in [3.8, 4) is 22.8 Å². The third-order valence-electron chi connectivity index (χ3n) is 2.49. The summed E-state index contributed by atoms with van der Waals surface area (Å²) >= 11 is 1.28. The van der Waals surface area contributed by atoms with Gasteiger partial charge < -0.3 is 14.3 Å². The molecule has 6 heteroatoms. The summed E-state index contributed by atoms with van der Waals surface area (Å²) in [5.74, 6) is 0.126. The Morgan fingerprint density at radius 1 is 1.39 bits per heavy atom. The fourth-order valence-corrected chi connectivity index (χ4v) is 2.39. The van der Waals surface area contributed by atoms with Crippen molar-refractivity contribution in [2.45, 2.75) is 4.90 Å². The topological polar surface area (TPSA) is 72.0 Å². The maximum absolute atomic E-state index is 10.6. The summed E-state index contributed by atoms with van der Waals surface area (Å²) in [6.45, 7) is 0. The van der Waals surface area contributed by atoms with Gasteiger partial charge in [0.1, 0.15) is 5.75 Å². The number of benzene rings is 1. The molecule has 0 radical (unpaired) electrons. The van der Waals surface area contributed by atoms with E-state index in [9.17, 15) is 10.0 Å². The summed E-state index contributed by atoms with van der Waals surface area (Å²) in [6, 6.07) is 7.16. The summed E-state index contributed by atoms with van der Waals surface area (Å²) in [6.07, 6.45) is 1.78. The number of thioether (sulfide) groups is 1. The van der Waals surface area contributed by atoms with Gasteiger partial charge in [0.2, 0.25) is 0 Å². The quantitative estimate of drug-likeness (QED) is 0.672. The van der Waals surface area contributed by atoms with Crippen molar-refractivity contribution in [1.82, 2.24) is 0 Å². The molecule has 18 heavy (non-hydrogen) atoms. The van der Waals surface area contributed by atoms with Gasteiger partial charge in [-0.15, -0.1) is 16.7 Å². The third kappa shape index (κ3) is 1.95. The Kier molecular flexibility index (Phi) is 3.57. The SMILES string of the molecule is COc1ccccc1-c1c(O)oc(N=O)c1SC. The van der Waals surface area contributed by atoms with Crippen molar-refractivity contribution in [1.29, 1.82) is 0 Å². The zero-order valence-corrected chi connectivity index (χ0v) is 10.7. The van der Waals surface area contributed by atoms with Crippen LogP contribution < -0.4 is 4.74 Å². The minimum atomic E-state index is -0.335. The fourth-order valence-electron chi connectivity index (χ4n) is 1.73. The number of hydrogen-bond acceptors (Lipinski definition) is 6. The summed E-state index contributed by atoms with van der Waals surface area (Å²) < 4.78 is 10.2. The van der Waals surface area contributed by atoms with Gasteiger partial charge in [0.25, 0.3) is 11.8 Å². The van der Waals surface area contributed by atoms with Crippen molar-refractivity contribution in [2.75, 3.05) is 13.4 Å². The molecule has 94 valence electrons. The van der Waals surface area contributed by atoms with Crippen LogP contribution in [0.15, 0.2) is 38.8 Å². The van der Waals surface area contributed by atoms with Gasteiger partial charge in [-0.2, -0.15) is 0 Å². The summed E-state index contributed by atoms with van der Waals surface area (Å²) in [4.78, 5) is 11.1. The molecule has 0 saturated heterocycles. The highest BCUT2D eigenvalue weighted by atomic mass is 32.2. The molecular weight excluding hydrogens is 254 g/mol. The number of aromatic hydroxyl groups is 1. The Balaban J connectivity index is 2.70. The largest absolute Gasteiger partial charge is 0.496 e. The first-order valence-corrected chi connectivity index (χ1v) is 6.31. The van der Waals surface area contributed by atoms with Gasteiger partial charge in [-0.25, -0.2) is 0 Å². The van der Waals surface area contributed by atoms with E-state index in [1.807, 2.05) is 12.1 Å². The van der Waals surface area contributed by atoms with Gasteiger partial charge in [0, 0.05) is 10.7 Å². The van der Waals surface area contributed by atoms with E-state index < -0.39 is 0 Å². The third-order valence-corrected chi connectivity index (χ3v) is 3.28. The standard InChI is InChI=1S/C12H11NO4S/c1-16-8-6-4-3-5-7(8)9-10(18-2)11(13-15)17-12(9)14/h3-6,14H,1-2H3. The van der Waals surface area contributed by atoms with Gasteiger partial charge in [-0.3, -0.25) is 0 Å². The van der Waals surface area contributed by atoms with Crippen LogP contribution in [0, 0.1) is 4.91 Å². The highest BCUT2D eigenvalue weighted by Gasteiger charge is 2.23. The molecule has 1 aromatic heterocycles. The van der Waals surface area contributed by atoms with Crippen molar-refractivity contribution in [2.24, 2.45) is 5.18 Å². The maximum Gasteiger partial charge on any atom is 0.293 e. The average molecular weight is 265 g/mol. The van der Waals surface area contributed by atoms with Crippen LogP contribution in [-0.2, 0) is 0 Å². The molecule has 1 aromatic carbocycles. The molecule has 0 aliphatic heterocycles. The van der Waals surface area contributed by atoms with Crippen LogP contribution in [0.3, 0.4) is 0 Å². The minimum Gasteiger partial charge on any atom is -0.496 e. The number of nitrogens with zero attached hydrogens (tertiary/aromatic N) is 1. The number of furan rings is 1. The lowest BCUT2D eigenvalue weighted by molar-refractivity contribution is 0.338. The molecule has 0 aliphatic rings. The molecular formula is C12H11NO4S. The monoisotopic (exact) mass is 265 g/mol. The Bertz CT molecular complexity index is 579. The molecule has 0 fully saturated rings. The van der Waals surface area contributed by atoms with Crippen molar-refractivity contribution >= 4 is 17.6 Å². The summed E-state index contributed by atoms with van der Waals surface area (Å²) in [5.41, 5.74) is 1.08. The number of para-hydroxylation sites is 1. The number of hydrogen-bond donors (Lipinski definition) is 1. The van der Waals surface area contributed by atoms with Crippen LogP contribution in [0.5, 0.6) is 11.7 Å². The average Bonchev–Trinajstić information content (AvgIpc) is 2.74. The first kappa shape index (κ1) is 12.5. The van der Waals surface area contributed by atoms with E-state index in [1.165, 1.54) is 18.9 Å². The number of rotatable bonds is 4. The molecule has 2 aromatic rings. The summed E-state index contributed by atoms with van der Waals surface area (Å²) in [7, 11) is 1.54. The Morgan fingerprint density at radius 3 is 2.72 bits per heavy atom. The van der Waals surface area contributed by atoms with Crippen molar-refractivity contribution in [3.05, 3.63) is 29.2 Å². The molecule has 2 rings (SSSR count). The lowest BCUT2D eigenvalue weighted by Crippen LogP contribution is -1.87. The first-order valence-electron chi connectivity index (χ1n) is 5.09. The molecule has 0 aliphatic carbocycles. The molecule has 0 saturated carbocycles. The van der Waals surface area contributed by atoms with E-state index in [2.05, 4.69) is 5.18 Å². The zero-order chi connectivity index (χ0) is 13.1. The molecule has 0 unspecified atom stereocenters. The molecule has 0 amide bonds. The van der Waals surface area contributed by atoms with Gasteiger partial charge in [-0.1, -0.05) is 18.2 Å². The lowest BCUT2D eigenvalue weighted by Gasteiger charge is -2.07. The molecule has 5 nitrogen and oxygen atoms in total. The zero-order valence-electron chi connectivity index (χ0n) is 9.84. The van der Waals surface area contributed by atoms with E-state index in [0.29, 0.717) is 21.8 Å². The smallest absolute Gasteiger partial charge is 0.293 e. The van der Waals surface area contributed by atoms with E-state index in [0.717, 1.165) is 0 Å². The number of ether oxygens (including phenoxy) is 1. The first-order chi connectivity index (χ1) is 8.72. The molecule has 0 bridgehead atoms. The van der Waals surface area contributed by atoms with Gasteiger partial charge >= 0.3 is 0 Å². The van der Waals surface area contributed by atoms with Gasteiger partial charge in [-0.05, 0) is 12.3 Å². The van der Waals surface area contributed by atoms with Crippen LogP contribution in [0.25, 0.3) is 11.1 Å². The second kappa shape index (κ2) is 5.14. The van der Waals surface area contributed by atoms with E-state index in [1.54, 1.807) is 18.4 Å². The molecule has 1 heterocycles. The van der Waals surface area contributed by atoms with Crippen molar-refractivity contribution < 1.29 is 14.3 Å².